The van der Waals surface area contributed by atoms with Crippen molar-refractivity contribution in [3.8, 4) is 11.6 Å². The van der Waals surface area contributed by atoms with Crippen LogP contribution in [0.4, 0.5) is 0 Å². The van der Waals surface area contributed by atoms with Crippen LogP contribution in [0, 0.1) is 0 Å². The molecule has 2 rings (SSSR count). The zero-order chi connectivity index (χ0) is 13.7. The van der Waals surface area contributed by atoms with Crippen LogP contribution in [0.1, 0.15) is 37.4 Å². The molecule has 4 heteroatoms. The summed E-state index contributed by atoms with van der Waals surface area (Å²) in [6.07, 6.45) is 1.13. The van der Waals surface area contributed by atoms with Crippen LogP contribution in [-0.4, -0.2) is 10.2 Å². The molecule has 0 spiro atoms. The van der Waals surface area contributed by atoms with Gasteiger partial charge in [-0.05, 0) is 36.1 Å². The molecular formula is C15H19N3O. The molecular weight excluding hydrogens is 238 g/mol. The van der Waals surface area contributed by atoms with Crippen molar-refractivity contribution in [2.24, 2.45) is 5.73 Å². The summed E-state index contributed by atoms with van der Waals surface area (Å²) in [6, 6.07) is 11.7. The van der Waals surface area contributed by atoms with Crippen molar-refractivity contribution < 1.29 is 4.74 Å². The third kappa shape index (κ3) is 3.51. The first-order chi connectivity index (χ1) is 9.22. The number of rotatable bonds is 5. The topological polar surface area (TPSA) is 61.0 Å². The van der Waals surface area contributed by atoms with Crippen molar-refractivity contribution in [1.29, 1.82) is 0 Å². The summed E-state index contributed by atoms with van der Waals surface area (Å²) in [7, 11) is 0. The second-order valence-corrected chi connectivity index (χ2v) is 4.55. The first-order valence-electron chi connectivity index (χ1n) is 6.53. The maximum absolute atomic E-state index is 5.63. The van der Waals surface area contributed by atoms with Crippen molar-refractivity contribution in [2.45, 2.75) is 32.7 Å². The quantitative estimate of drug-likeness (QED) is 0.893. The molecule has 0 radical (unpaired) electrons. The Balaban J connectivity index is 2.06. The van der Waals surface area contributed by atoms with E-state index in [1.165, 1.54) is 5.56 Å². The maximum atomic E-state index is 5.63. The van der Waals surface area contributed by atoms with Crippen LogP contribution < -0.4 is 10.5 Å². The molecule has 0 aliphatic carbocycles. The van der Waals surface area contributed by atoms with Crippen LogP contribution in [0.25, 0.3) is 0 Å². The minimum atomic E-state index is 0.386. The number of nitrogens with zero attached hydrogens (tertiary/aromatic N) is 2. The van der Waals surface area contributed by atoms with Gasteiger partial charge in [0, 0.05) is 12.6 Å². The normalized spacial score (nSPS) is 12.2. The van der Waals surface area contributed by atoms with E-state index >= 15 is 0 Å². The third-order valence-electron chi connectivity index (χ3n) is 3.19. The molecule has 0 saturated carbocycles. The van der Waals surface area contributed by atoms with Crippen LogP contribution in [0.2, 0.25) is 0 Å². The number of ether oxygens (including phenoxy) is 1. The fraction of sp³-hybridized carbons (Fsp3) is 0.333. The molecule has 19 heavy (non-hydrogen) atoms. The zero-order valence-electron chi connectivity index (χ0n) is 11.3. The highest BCUT2D eigenvalue weighted by Crippen LogP contribution is 2.24. The van der Waals surface area contributed by atoms with Crippen molar-refractivity contribution in [3.05, 3.63) is 47.7 Å². The van der Waals surface area contributed by atoms with Crippen molar-refractivity contribution >= 4 is 0 Å². The Morgan fingerprint density at radius 1 is 1.11 bits per heavy atom. The lowest BCUT2D eigenvalue weighted by Gasteiger charge is -2.10. The van der Waals surface area contributed by atoms with Gasteiger partial charge in [0.05, 0.1) is 5.69 Å². The van der Waals surface area contributed by atoms with Crippen LogP contribution in [0.3, 0.4) is 0 Å². The number of hydrogen-bond acceptors (Lipinski definition) is 4. The number of benzene rings is 1. The molecule has 4 nitrogen and oxygen atoms in total. The zero-order valence-corrected chi connectivity index (χ0v) is 11.3. The van der Waals surface area contributed by atoms with Crippen LogP contribution in [0.5, 0.6) is 11.6 Å². The molecule has 0 amide bonds. The molecule has 1 aromatic carbocycles. The average Bonchev–Trinajstić information content (AvgIpc) is 2.48. The largest absolute Gasteiger partial charge is 0.438 e. The highest BCUT2D eigenvalue weighted by molar-refractivity contribution is 5.31. The van der Waals surface area contributed by atoms with E-state index in [2.05, 4.69) is 36.2 Å². The molecule has 2 aromatic rings. The molecule has 1 heterocycles. The maximum Gasteiger partial charge on any atom is 0.238 e. The van der Waals surface area contributed by atoms with Crippen molar-refractivity contribution in [2.75, 3.05) is 0 Å². The van der Waals surface area contributed by atoms with E-state index in [9.17, 15) is 0 Å². The highest BCUT2D eigenvalue weighted by Gasteiger charge is 2.04. The molecule has 1 unspecified atom stereocenters. The summed E-state index contributed by atoms with van der Waals surface area (Å²) in [4.78, 5) is 0. The molecule has 100 valence electrons. The van der Waals surface area contributed by atoms with Gasteiger partial charge in [0.2, 0.25) is 5.88 Å². The third-order valence-corrected chi connectivity index (χ3v) is 3.19. The van der Waals surface area contributed by atoms with Gasteiger partial charge in [0.25, 0.3) is 0 Å². The number of aromatic nitrogens is 2. The predicted molar refractivity (Wildman–Crippen MR) is 75.1 cm³/mol. The van der Waals surface area contributed by atoms with Gasteiger partial charge in [-0.15, -0.1) is 5.10 Å². The van der Waals surface area contributed by atoms with Crippen LogP contribution >= 0.6 is 0 Å². The van der Waals surface area contributed by atoms with Gasteiger partial charge in [-0.1, -0.05) is 26.0 Å². The van der Waals surface area contributed by atoms with Gasteiger partial charge in [-0.3, -0.25) is 0 Å². The molecule has 1 aromatic heterocycles. The van der Waals surface area contributed by atoms with Crippen LogP contribution in [0.15, 0.2) is 36.4 Å². The van der Waals surface area contributed by atoms with E-state index in [-0.39, 0.29) is 0 Å². The summed E-state index contributed by atoms with van der Waals surface area (Å²) < 4.78 is 5.63. The van der Waals surface area contributed by atoms with Crippen molar-refractivity contribution in [1.82, 2.24) is 10.2 Å². The monoisotopic (exact) mass is 257 g/mol. The van der Waals surface area contributed by atoms with E-state index in [0.717, 1.165) is 17.9 Å². The van der Waals surface area contributed by atoms with Gasteiger partial charge in [0.15, 0.2) is 0 Å². The number of hydrogen-bond donors (Lipinski definition) is 1. The summed E-state index contributed by atoms with van der Waals surface area (Å²) in [5.41, 5.74) is 7.54. The lowest BCUT2D eigenvalue weighted by atomic mass is 9.99. The molecule has 0 saturated heterocycles. The highest BCUT2D eigenvalue weighted by atomic mass is 16.5. The molecule has 0 bridgehead atoms. The summed E-state index contributed by atoms with van der Waals surface area (Å²) in [6.45, 7) is 4.79. The Morgan fingerprint density at radius 2 is 1.84 bits per heavy atom. The second kappa shape index (κ2) is 6.29. The fourth-order valence-electron chi connectivity index (χ4n) is 1.73. The summed E-state index contributed by atoms with van der Waals surface area (Å²) in [5.74, 6) is 1.81. The van der Waals surface area contributed by atoms with E-state index < -0.39 is 0 Å². The molecule has 2 N–H and O–H groups in total. The van der Waals surface area contributed by atoms with Gasteiger partial charge in [0.1, 0.15) is 5.75 Å². The Bertz CT molecular complexity index is 508. The number of nitrogens with two attached hydrogens (primary N) is 1. The van der Waals surface area contributed by atoms with Gasteiger partial charge >= 0.3 is 0 Å². The summed E-state index contributed by atoms with van der Waals surface area (Å²) >= 11 is 0. The standard InChI is InChI=1S/C15H19N3O/c1-3-11(2)12-4-7-14(8-5-12)19-15-9-6-13(10-16)17-18-15/h4-9,11H,3,10,16H2,1-2H3. The van der Waals surface area contributed by atoms with Crippen molar-refractivity contribution in [3.63, 3.8) is 0 Å². The van der Waals surface area contributed by atoms with Gasteiger partial charge in [-0.2, -0.15) is 5.10 Å². The Kier molecular flexibility index (Phi) is 4.47. The van der Waals surface area contributed by atoms with E-state index in [4.69, 9.17) is 10.5 Å². The van der Waals surface area contributed by atoms with E-state index in [1.54, 1.807) is 6.07 Å². The molecule has 0 fully saturated rings. The molecule has 0 aliphatic heterocycles. The predicted octanol–water partition coefficient (Wildman–Crippen LogP) is 3.24. The Morgan fingerprint density at radius 3 is 2.37 bits per heavy atom. The minimum absolute atomic E-state index is 0.386. The molecule has 1 atom stereocenters. The Labute approximate surface area is 113 Å². The SMILES string of the molecule is CCC(C)c1ccc(Oc2ccc(CN)nn2)cc1. The minimum Gasteiger partial charge on any atom is -0.438 e. The second-order valence-electron chi connectivity index (χ2n) is 4.55. The fourth-order valence-corrected chi connectivity index (χ4v) is 1.73. The van der Waals surface area contributed by atoms with E-state index in [1.807, 2.05) is 18.2 Å². The van der Waals surface area contributed by atoms with E-state index in [0.29, 0.717) is 18.3 Å². The van der Waals surface area contributed by atoms with Crippen LogP contribution in [-0.2, 0) is 6.54 Å². The first kappa shape index (κ1) is 13.5. The smallest absolute Gasteiger partial charge is 0.238 e. The lowest BCUT2D eigenvalue weighted by Crippen LogP contribution is -2.01. The first-order valence-corrected chi connectivity index (χ1v) is 6.53. The lowest BCUT2D eigenvalue weighted by molar-refractivity contribution is 0.453. The Hall–Kier alpha value is -1.94. The molecule has 0 aliphatic rings. The van der Waals surface area contributed by atoms with Gasteiger partial charge < -0.3 is 10.5 Å². The average molecular weight is 257 g/mol. The van der Waals surface area contributed by atoms with Gasteiger partial charge in [-0.25, -0.2) is 0 Å². The summed E-state index contributed by atoms with van der Waals surface area (Å²) in [5, 5.41) is 7.92.